The number of benzene rings is 1. The molecule has 5 nitrogen and oxygen atoms in total. The number of hydrogen-bond donors (Lipinski definition) is 2. The molecule has 1 aromatic heterocycles. The highest BCUT2D eigenvalue weighted by atomic mass is 19.1. The molecule has 0 bridgehead atoms. The summed E-state index contributed by atoms with van der Waals surface area (Å²) in [6.07, 6.45) is 0.334. The van der Waals surface area contributed by atoms with E-state index in [-0.39, 0.29) is 17.1 Å². The summed E-state index contributed by atoms with van der Waals surface area (Å²) in [5.41, 5.74) is 0.488. The van der Waals surface area contributed by atoms with Gasteiger partial charge in [-0.25, -0.2) is 19.2 Å². The van der Waals surface area contributed by atoms with E-state index in [1.807, 2.05) is 20.8 Å². The molecule has 0 fully saturated rings. The summed E-state index contributed by atoms with van der Waals surface area (Å²) in [5.74, 6) is -0.603. The van der Waals surface area contributed by atoms with E-state index >= 15 is 0 Å². The Labute approximate surface area is 128 Å². The zero-order valence-corrected chi connectivity index (χ0v) is 12.7. The van der Waals surface area contributed by atoms with E-state index < -0.39 is 5.97 Å². The minimum absolute atomic E-state index is 0.0705. The molecule has 0 spiro atoms. The third-order valence-electron chi connectivity index (χ3n) is 2.77. The van der Waals surface area contributed by atoms with Crippen molar-refractivity contribution in [1.29, 1.82) is 0 Å². The smallest absolute Gasteiger partial charge is 0.354 e. The van der Waals surface area contributed by atoms with Gasteiger partial charge in [0.05, 0.1) is 0 Å². The molecule has 1 aromatic carbocycles. The first-order valence-corrected chi connectivity index (χ1v) is 6.87. The molecule has 0 unspecified atom stereocenters. The number of rotatable bonds is 4. The van der Waals surface area contributed by atoms with Gasteiger partial charge in [0.1, 0.15) is 17.5 Å². The summed E-state index contributed by atoms with van der Waals surface area (Å²) in [6.45, 7) is 5.86. The van der Waals surface area contributed by atoms with Gasteiger partial charge in [0, 0.05) is 18.0 Å². The minimum atomic E-state index is -1.11. The number of carboxylic acid groups (broad SMARTS) is 1. The lowest BCUT2D eigenvalue weighted by Gasteiger charge is -2.21. The Hall–Kier alpha value is -2.50. The van der Waals surface area contributed by atoms with Crippen LogP contribution in [0.25, 0.3) is 0 Å². The molecule has 6 heteroatoms. The number of nitrogens with one attached hydrogen (secondary N) is 1. The summed E-state index contributed by atoms with van der Waals surface area (Å²) in [7, 11) is 0. The second-order valence-electron chi connectivity index (χ2n) is 6.04. The number of carboxylic acids is 1. The van der Waals surface area contributed by atoms with Crippen LogP contribution < -0.4 is 5.32 Å². The highest BCUT2D eigenvalue weighted by molar-refractivity contribution is 5.86. The van der Waals surface area contributed by atoms with Crippen LogP contribution in [-0.2, 0) is 6.42 Å². The molecule has 0 aliphatic carbocycles. The quantitative estimate of drug-likeness (QED) is 0.907. The highest BCUT2D eigenvalue weighted by Crippen LogP contribution is 2.15. The Morgan fingerprint density at radius 2 is 1.86 bits per heavy atom. The van der Waals surface area contributed by atoms with Gasteiger partial charge >= 0.3 is 5.97 Å². The van der Waals surface area contributed by atoms with Gasteiger partial charge in [-0.05, 0) is 38.5 Å². The molecule has 2 rings (SSSR count). The molecule has 2 aromatic rings. The van der Waals surface area contributed by atoms with Gasteiger partial charge in [-0.2, -0.15) is 0 Å². The van der Waals surface area contributed by atoms with E-state index in [4.69, 9.17) is 5.11 Å². The predicted molar refractivity (Wildman–Crippen MR) is 81.6 cm³/mol. The van der Waals surface area contributed by atoms with Crippen LogP contribution in [0.2, 0.25) is 0 Å². The fourth-order valence-corrected chi connectivity index (χ4v) is 1.92. The molecular weight excluding hydrogens is 285 g/mol. The Balaban J connectivity index is 2.33. The van der Waals surface area contributed by atoms with E-state index in [1.54, 1.807) is 12.1 Å². The van der Waals surface area contributed by atoms with E-state index in [2.05, 4.69) is 15.3 Å². The molecule has 22 heavy (non-hydrogen) atoms. The van der Waals surface area contributed by atoms with E-state index in [9.17, 15) is 9.18 Å². The minimum Gasteiger partial charge on any atom is -0.477 e. The largest absolute Gasteiger partial charge is 0.477 e. The molecule has 2 N–H and O–H groups in total. The highest BCUT2D eigenvalue weighted by Gasteiger charge is 2.15. The Morgan fingerprint density at radius 3 is 2.41 bits per heavy atom. The van der Waals surface area contributed by atoms with Gasteiger partial charge in [-0.1, -0.05) is 12.1 Å². The average Bonchev–Trinajstić information content (AvgIpc) is 2.39. The van der Waals surface area contributed by atoms with Crippen molar-refractivity contribution >= 4 is 11.8 Å². The zero-order valence-electron chi connectivity index (χ0n) is 12.7. The molecule has 0 radical (unpaired) electrons. The average molecular weight is 303 g/mol. The molecule has 0 atom stereocenters. The van der Waals surface area contributed by atoms with Gasteiger partial charge in [-0.15, -0.1) is 0 Å². The monoisotopic (exact) mass is 303 g/mol. The first kappa shape index (κ1) is 15.9. The van der Waals surface area contributed by atoms with Crippen molar-refractivity contribution in [1.82, 2.24) is 9.97 Å². The van der Waals surface area contributed by atoms with Crippen LogP contribution in [0.1, 0.15) is 42.6 Å². The SMILES string of the molecule is CC(C)(C)Nc1cc(C(=O)O)nc(Cc2ccc(F)cc2)n1. The van der Waals surface area contributed by atoms with Crippen molar-refractivity contribution in [2.24, 2.45) is 0 Å². The van der Waals surface area contributed by atoms with Crippen LogP contribution in [0.3, 0.4) is 0 Å². The molecule has 0 saturated carbocycles. The van der Waals surface area contributed by atoms with E-state index in [0.29, 0.717) is 18.1 Å². The molecule has 116 valence electrons. The third kappa shape index (κ3) is 4.51. The molecule has 0 amide bonds. The lowest BCUT2D eigenvalue weighted by atomic mass is 10.1. The number of carbonyl (C=O) groups is 1. The number of hydrogen-bond acceptors (Lipinski definition) is 4. The second kappa shape index (κ2) is 6.09. The zero-order chi connectivity index (χ0) is 16.3. The standard InChI is InChI=1S/C16H18FN3O2/c1-16(2,3)20-14-9-12(15(21)22)18-13(19-14)8-10-4-6-11(17)7-5-10/h4-7,9H,8H2,1-3H3,(H,21,22)(H,18,19,20). The summed E-state index contributed by atoms with van der Waals surface area (Å²) in [4.78, 5) is 19.6. The summed E-state index contributed by atoms with van der Waals surface area (Å²) in [6, 6.07) is 7.36. The molecule has 0 saturated heterocycles. The van der Waals surface area contributed by atoms with Crippen LogP contribution in [-0.4, -0.2) is 26.6 Å². The van der Waals surface area contributed by atoms with Crippen molar-refractivity contribution in [3.8, 4) is 0 Å². The van der Waals surface area contributed by atoms with Gasteiger partial charge in [0.15, 0.2) is 5.69 Å². The third-order valence-corrected chi connectivity index (χ3v) is 2.77. The summed E-state index contributed by atoms with van der Waals surface area (Å²) in [5, 5.41) is 12.3. The van der Waals surface area contributed by atoms with Crippen LogP contribution >= 0.6 is 0 Å². The van der Waals surface area contributed by atoms with Gasteiger partial charge in [-0.3, -0.25) is 0 Å². The lowest BCUT2D eigenvalue weighted by Crippen LogP contribution is -2.27. The van der Waals surface area contributed by atoms with Crippen LogP contribution in [0, 0.1) is 5.82 Å². The topological polar surface area (TPSA) is 75.1 Å². The molecule has 0 aliphatic rings. The first-order chi connectivity index (χ1) is 10.2. The van der Waals surface area contributed by atoms with Crippen molar-refractivity contribution in [3.63, 3.8) is 0 Å². The number of nitrogens with zero attached hydrogens (tertiary/aromatic N) is 2. The Kier molecular flexibility index (Phi) is 4.40. The fourth-order valence-electron chi connectivity index (χ4n) is 1.92. The molecular formula is C16H18FN3O2. The van der Waals surface area contributed by atoms with Crippen LogP contribution in [0.4, 0.5) is 10.2 Å². The lowest BCUT2D eigenvalue weighted by molar-refractivity contribution is 0.0690. The first-order valence-electron chi connectivity index (χ1n) is 6.87. The number of anilines is 1. The van der Waals surface area contributed by atoms with Crippen molar-refractivity contribution in [2.45, 2.75) is 32.7 Å². The van der Waals surface area contributed by atoms with Gasteiger partial charge < -0.3 is 10.4 Å². The Bertz CT molecular complexity index is 679. The van der Waals surface area contributed by atoms with Crippen LogP contribution in [0.15, 0.2) is 30.3 Å². The van der Waals surface area contributed by atoms with Gasteiger partial charge in [0.25, 0.3) is 0 Å². The van der Waals surface area contributed by atoms with E-state index in [0.717, 1.165) is 5.56 Å². The molecule has 1 heterocycles. The Morgan fingerprint density at radius 1 is 1.23 bits per heavy atom. The van der Waals surface area contributed by atoms with Gasteiger partial charge in [0.2, 0.25) is 0 Å². The summed E-state index contributed by atoms with van der Waals surface area (Å²) >= 11 is 0. The maximum Gasteiger partial charge on any atom is 0.354 e. The number of halogens is 1. The van der Waals surface area contributed by atoms with Crippen molar-refractivity contribution < 1.29 is 14.3 Å². The number of aromatic carboxylic acids is 1. The van der Waals surface area contributed by atoms with Crippen molar-refractivity contribution in [3.05, 3.63) is 53.2 Å². The van der Waals surface area contributed by atoms with E-state index in [1.165, 1.54) is 18.2 Å². The predicted octanol–water partition coefficient (Wildman–Crippen LogP) is 3.12. The number of aromatic nitrogens is 2. The maximum absolute atomic E-state index is 12.9. The maximum atomic E-state index is 12.9. The normalized spacial score (nSPS) is 11.3. The fraction of sp³-hybridized carbons (Fsp3) is 0.312. The second-order valence-corrected chi connectivity index (χ2v) is 6.04. The van der Waals surface area contributed by atoms with Crippen molar-refractivity contribution in [2.75, 3.05) is 5.32 Å². The molecule has 0 aliphatic heterocycles. The summed E-state index contributed by atoms with van der Waals surface area (Å²) < 4.78 is 12.9. The van der Waals surface area contributed by atoms with Crippen LogP contribution in [0.5, 0.6) is 0 Å².